The molecule has 0 fully saturated rings. The van der Waals surface area contributed by atoms with E-state index in [-0.39, 0.29) is 22.4 Å². The van der Waals surface area contributed by atoms with E-state index in [1.54, 1.807) is 12.1 Å². The highest BCUT2D eigenvalue weighted by atomic mass is 35.5. The van der Waals surface area contributed by atoms with Gasteiger partial charge in [0, 0.05) is 6.08 Å². The van der Waals surface area contributed by atoms with Crippen LogP contribution in [-0.4, -0.2) is 22.4 Å². The van der Waals surface area contributed by atoms with Crippen LogP contribution in [0.25, 0.3) is 0 Å². The molecule has 1 N–H and O–H groups in total. The lowest BCUT2D eigenvalue weighted by Gasteiger charge is -2.26. The van der Waals surface area contributed by atoms with Crippen LogP contribution in [-0.2, 0) is 14.3 Å². The first-order chi connectivity index (χ1) is 13.3. The number of ether oxygens (including phenoxy) is 1. The molecular formula is C22H30ClNO3S. The van der Waals surface area contributed by atoms with E-state index in [9.17, 15) is 9.59 Å². The van der Waals surface area contributed by atoms with Crippen LogP contribution in [0.4, 0.5) is 5.69 Å². The Morgan fingerprint density at radius 3 is 2.64 bits per heavy atom. The molecule has 0 aromatic heterocycles. The van der Waals surface area contributed by atoms with Gasteiger partial charge in [0.15, 0.2) is 6.61 Å². The van der Waals surface area contributed by atoms with Gasteiger partial charge in [-0.1, -0.05) is 74.9 Å². The zero-order valence-corrected chi connectivity index (χ0v) is 18.5. The van der Waals surface area contributed by atoms with Crippen molar-refractivity contribution in [2.45, 2.75) is 70.5 Å². The Balaban J connectivity index is 1.84. The molecule has 154 valence electrons. The molecule has 1 aliphatic rings. The van der Waals surface area contributed by atoms with Crippen molar-refractivity contribution < 1.29 is 14.3 Å². The summed E-state index contributed by atoms with van der Waals surface area (Å²) >= 11 is 7.45. The minimum Gasteiger partial charge on any atom is -0.486 e. The molecule has 28 heavy (non-hydrogen) atoms. The average molecular weight is 424 g/mol. The molecule has 6 heteroatoms. The summed E-state index contributed by atoms with van der Waals surface area (Å²) in [5.41, 5.74) is 1.58. The molecule has 0 spiro atoms. The highest BCUT2D eigenvalue weighted by Gasteiger charge is 2.39. The number of carbonyl (C=O) groups excluding carboxylic acids is 2. The number of unbranched alkanes of at least 4 members (excludes halogenated alkanes) is 5. The van der Waals surface area contributed by atoms with Crippen LogP contribution in [0.15, 0.2) is 30.0 Å². The number of hydrogen-bond donors (Lipinski definition) is 1. The van der Waals surface area contributed by atoms with E-state index >= 15 is 0 Å². The van der Waals surface area contributed by atoms with E-state index in [2.05, 4.69) is 12.2 Å². The van der Waals surface area contributed by atoms with Gasteiger partial charge in [-0.05, 0) is 38.0 Å². The van der Waals surface area contributed by atoms with Gasteiger partial charge in [0.25, 0.3) is 5.91 Å². The zero-order chi connectivity index (χ0) is 20.6. The molecule has 0 aliphatic carbocycles. The van der Waals surface area contributed by atoms with Crippen molar-refractivity contribution in [1.82, 2.24) is 0 Å². The summed E-state index contributed by atoms with van der Waals surface area (Å²) < 4.78 is 5.36. The number of anilines is 1. The van der Waals surface area contributed by atoms with Gasteiger partial charge in [-0.2, -0.15) is 0 Å². The van der Waals surface area contributed by atoms with E-state index in [0.29, 0.717) is 16.5 Å². The molecule has 1 aromatic carbocycles. The Bertz CT molecular complexity index is 734. The van der Waals surface area contributed by atoms with Crippen molar-refractivity contribution in [2.75, 3.05) is 11.9 Å². The van der Waals surface area contributed by atoms with Crippen LogP contribution in [0, 0.1) is 6.92 Å². The van der Waals surface area contributed by atoms with E-state index in [1.807, 2.05) is 19.9 Å². The van der Waals surface area contributed by atoms with Gasteiger partial charge in [0.2, 0.25) is 5.12 Å². The third-order valence-electron chi connectivity index (χ3n) is 4.86. The van der Waals surface area contributed by atoms with E-state index in [0.717, 1.165) is 24.8 Å². The number of rotatable bonds is 11. The molecule has 1 heterocycles. The van der Waals surface area contributed by atoms with Gasteiger partial charge in [-0.3, -0.25) is 9.59 Å². The summed E-state index contributed by atoms with van der Waals surface area (Å²) in [4.78, 5) is 24.2. The fraction of sp³-hybridized carbons (Fsp3) is 0.545. The van der Waals surface area contributed by atoms with E-state index in [1.165, 1.54) is 43.5 Å². The Morgan fingerprint density at radius 2 is 1.93 bits per heavy atom. The molecule has 1 atom stereocenters. The fourth-order valence-corrected chi connectivity index (χ4v) is 4.58. The molecule has 0 radical (unpaired) electrons. The molecule has 1 unspecified atom stereocenters. The number of thioether (sulfide) groups is 1. The van der Waals surface area contributed by atoms with Crippen molar-refractivity contribution >= 4 is 40.1 Å². The van der Waals surface area contributed by atoms with Gasteiger partial charge in [0.1, 0.15) is 5.76 Å². The van der Waals surface area contributed by atoms with Gasteiger partial charge in [0.05, 0.1) is 15.5 Å². The lowest BCUT2D eigenvalue weighted by atomic mass is 9.99. The molecule has 0 bridgehead atoms. The SMILES string of the molecule is CCCCCCCCC1(C)SC(=O)C=C1OCC(=O)Nc1ccc(C)cc1Cl. The molecule has 0 saturated heterocycles. The molecule has 1 aliphatic heterocycles. The summed E-state index contributed by atoms with van der Waals surface area (Å²) in [7, 11) is 0. The second-order valence-electron chi connectivity index (χ2n) is 7.50. The maximum atomic E-state index is 12.2. The Hall–Kier alpha value is -1.46. The number of halogens is 1. The van der Waals surface area contributed by atoms with Crippen LogP contribution >= 0.6 is 23.4 Å². The highest BCUT2D eigenvalue weighted by Crippen LogP contribution is 2.44. The normalized spacial score (nSPS) is 18.9. The minimum atomic E-state index is -0.385. The largest absolute Gasteiger partial charge is 0.486 e. The van der Waals surface area contributed by atoms with Crippen LogP contribution < -0.4 is 5.32 Å². The molecular weight excluding hydrogens is 394 g/mol. The fourth-order valence-electron chi connectivity index (χ4n) is 3.22. The number of amides is 1. The van der Waals surface area contributed by atoms with Crippen molar-refractivity contribution in [1.29, 1.82) is 0 Å². The lowest BCUT2D eigenvalue weighted by Crippen LogP contribution is -2.26. The second kappa shape index (κ2) is 10.9. The summed E-state index contributed by atoms with van der Waals surface area (Å²) in [6.45, 7) is 6.02. The van der Waals surface area contributed by atoms with Crippen LogP contribution in [0.1, 0.15) is 64.4 Å². The third kappa shape index (κ3) is 6.85. The molecule has 0 saturated carbocycles. The Kier molecular flexibility index (Phi) is 8.90. The van der Waals surface area contributed by atoms with E-state index < -0.39 is 0 Å². The lowest BCUT2D eigenvalue weighted by molar-refractivity contribution is -0.119. The molecule has 1 amide bonds. The monoisotopic (exact) mass is 423 g/mol. The van der Waals surface area contributed by atoms with Crippen molar-refractivity contribution in [3.8, 4) is 0 Å². The standard InChI is InChI=1S/C22H30ClNO3S/c1-4-5-6-7-8-9-12-22(3)19(14-21(26)28-22)27-15-20(25)24-18-11-10-16(2)13-17(18)23/h10-11,13-14H,4-9,12,15H2,1-3H3,(H,24,25). The topological polar surface area (TPSA) is 55.4 Å². The predicted octanol–water partition coefficient (Wildman–Crippen LogP) is 6.27. The minimum absolute atomic E-state index is 0.00882. The average Bonchev–Trinajstić information content (AvgIpc) is 2.92. The maximum Gasteiger partial charge on any atom is 0.262 e. The predicted molar refractivity (Wildman–Crippen MR) is 118 cm³/mol. The van der Waals surface area contributed by atoms with Crippen molar-refractivity contribution in [3.63, 3.8) is 0 Å². The van der Waals surface area contributed by atoms with Gasteiger partial charge < -0.3 is 10.1 Å². The smallest absolute Gasteiger partial charge is 0.262 e. The van der Waals surface area contributed by atoms with Gasteiger partial charge in [-0.25, -0.2) is 0 Å². The Labute approximate surface area is 177 Å². The number of benzene rings is 1. The van der Waals surface area contributed by atoms with E-state index in [4.69, 9.17) is 16.3 Å². The summed E-state index contributed by atoms with van der Waals surface area (Å²) in [5, 5.41) is 3.24. The molecule has 1 aromatic rings. The first-order valence-electron chi connectivity index (χ1n) is 9.98. The number of carbonyl (C=O) groups is 2. The number of hydrogen-bond acceptors (Lipinski definition) is 4. The second-order valence-corrected chi connectivity index (χ2v) is 9.41. The summed E-state index contributed by atoms with van der Waals surface area (Å²) in [6, 6.07) is 5.45. The summed E-state index contributed by atoms with van der Waals surface area (Å²) in [5.74, 6) is 0.305. The van der Waals surface area contributed by atoms with Crippen molar-refractivity contribution in [3.05, 3.63) is 40.6 Å². The van der Waals surface area contributed by atoms with Gasteiger partial charge in [-0.15, -0.1) is 0 Å². The summed E-state index contributed by atoms with van der Waals surface area (Å²) in [6.07, 6.45) is 9.59. The van der Waals surface area contributed by atoms with Gasteiger partial charge >= 0.3 is 0 Å². The first-order valence-corrected chi connectivity index (χ1v) is 11.2. The Morgan fingerprint density at radius 1 is 1.21 bits per heavy atom. The highest BCUT2D eigenvalue weighted by molar-refractivity contribution is 8.15. The van der Waals surface area contributed by atoms with Crippen LogP contribution in [0.5, 0.6) is 0 Å². The maximum absolute atomic E-state index is 12.2. The molecule has 2 rings (SSSR count). The number of nitrogens with one attached hydrogen (secondary N) is 1. The van der Waals surface area contributed by atoms with Crippen LogP contribution in [0.2, 0.25) is 5.02 Å². The quantitative estimate of drug-likeness (QED) is 0.426. The third-order valence-corrected chi connectivity index (χ3v) is 6.35. The van der Waals surface area contributed by atoms with Crippen molar-refractivity contribution in [2.24, 2.45) is 0 Å². The molecule has 4 nitrogen and oxygen atoms in total. The zero-order valence-electron chi connectivity index (χ0n) is 17.0. The first kappa shape index (κ1) is 22.8. The number of aryl methyl sites for hydroxylation is 1. The van der Waals surface area contributed by atoms with Crippen LogP contribution in [0.3, 0.4) is 0 Å².